The van der Waals surface area contributed by atoms with Crippen molar-refractivity contribution in [1.29, 1.82) is 0 Å². The predicted octanol–water partition coefficient (Wildman–Crippen LogP) is 5.31. The van der Waals surface area contributed by atoms with Crippen molar-refractivity contribution in [2.75, 3.05) is 13.6 Å². The standard InChI is InChI=1S/C13H21NO.3C2H6/c1-10(15)11-7-13(9-14(11)2)8-12(13)5-3-4-6-12;3*1-2/h11H,3-9H2,1-2H3;3*1-2H3. The summed E-state index contributed by atoms with van der Waals surface area (Å²) in [6.45, 7) is 14.9. The van der Waals surface area contributed by atoms with Gasteiger partial charge in [-0.05, 0) is 50.5 Å². The van der Waals surface area contributed by atoms with Gasteiger partial charge in [0, 0.05) is 6.54 Å². The molecule has 0 N–H and O–H groups in total. The lowest BCUT2D eigenvalue weighted by Crippen LogP contribution is -2.30. The second-order valence-electron chi connectivity index (χ2n) is 6.19. The molecule has 0 radical (unpaired) electrons. The Morgan fingerprint density at radius 2 is 1.43 bits per heavy atom. The van der Waals surface area contributed by atoms with E-state index in [0.717, 1.165) is 6.42 Å². The van der Waals surface area contributed by atoms with Crippen molar-refractivity contribution in [1.82, 2.24) is 4.90 Å². The van der Waals surface area contributed by atoms with Gasteiger partial charge in [0.15, 0.2) is 0 Å². The van der Waals surface area contributed by atoms with Crippen molar-refractivity contribution >= 4 is 5.78 Å². The van der Waals surface area contributed by atoms with E-state index in [9.17, 15) is 4.79 Å². The molecule has 3 fully saturated rings. The number of carbonyl (C=O) groups excluding carboxylic acids is 1. The second kappa shape index (κ2) is 8.92. The van der Waals surface area contributed by atoms with Crippen LogP contribution in [0.2, 0.25) is 0 Å². The number of likely N-dealkylation sites (N-methyl/N-ethyl adjacent to an activating group) is 1. The second-order valence-corrected chi connectivity index (χ2v) is 6.19. The Kier molecular flexibility index (Phi) is 8.77. The zero-order valence-corrected chi connectivity index (χ0v) is 15.9. The third kappa shape index (κ3) is 3.88. The Morgan fingerprint density at radius 3 is 1.81 bits per heavy atom. The number of fused-ring (bicyclic) bond motifs is 1. The zero-order valence-electron chi connectivity index (χ0n) is 15.9. The van der Waals surface area contributed by atoms with Crippen molar-refractivity contribution in [3.8, 4) is 0 Å². The van der Waals surface area contributed by atoms with Gasteiger partial charge in [-0.2, -0.15) is 0 Å². The number of hydrogen-bond acceptors (Lipinski definition) is 2. The van der Waals surface area contributed by atoms with E-state index in [0.29, 0.717) is 16.6 Å². The smallest absolute Gasteiger partial charge is 0.146 e. The van der Waals surface area contributed by atoms with E-state index in [1.165, 1.54) is 38.6 Å². The average molecular weight is 298 g/mol. The minimum absolute atomic E-state index is 0.227. The van der Waals surface area contributed by atoms with Crippen molar-refractivity contribution in [3.05, 3.63) is 0 Å². The van der Waals surface area contributed by atoms with Gasteiger partial charge in [-0.3, -0.25) is 9.69 Å². The summed E-state index contributed by atoms with van der Waals surface area (Å²) >= 11 is 0. The summed E-state index contributed by atoms with van der Waals surface area (Å²) in [6, 6.07) is 0.227. The van der Waals surface area contributed by atoms with Crippen LogP contribution in [0.15, 0.2) is 0 Å². The van der Waals surface area contributed by atoms with Crippen LogP contribution >= 0.6 is 0 Å². The Morgan fingerprint density at radius 1 is 0.952 bits per heavy atom. The van der Waals surface area contributed by atoms with Crippen LogP contribution in [0, 0.1) is 10.8 Å². The average Bonchev–Trinajstić information content (AvgIpc) is 2.85. The fourth-order valence-electron chi connectivity index (χ4n) is 4.51. The molecule has 0 aromatic heterocycles. The maximum atomic E-state index is 11.5. The Bertz CT molecular complexity index is 307. The lowest BCUT2D eigenvalue weighted by atomic mass is 9.88. The summed E-state index contributed by atoms with van der Waals surface area (Å²) in [4.78, 5) is 13.8. The number of likely N-dealkylation sites (tertiary alicyclic amines) is 1. The van der Waals surface area contributed by atoms with Gasteiger partial charge >= 0.3 is 0 Å². The summed E-state index contributed by atoms with van der Waals surface area (Å²) < 4.78 is 0. The molecule has 2 unspecified atom stereocenters. The molecule has 2 heteroatoms. The van der Waals surface area contributed by atoms with Crippen LogP contribution < -0.4 is 0 Å². The molecular formula is C19H39NO. The molecule has 2 atom stereocenters. The molecule has 0 aromatic carbocycles. The molecule has 0 bridgehead atoms. The van der Waals surface area contributed by atoms with E-state index in [4.69, 9.17) is 0 Å². The van der Waals surface area contributed by atoms with E-state index < -0.39 is 0 Å². The lowest BCUT2D eigenvalue weighted by molar-refractivity contribution is -0.120. The van der Waals surface area contributed by atoms with Gasteiger partial charge in [0.05, 0.1) is 6.04 Å². The van der Waals surface area contributed by atoms with Crippen molar-refractivity contribution in [2.45, 2.75) is 93.0 Å². The van der Waals surface area contributed by atoms with Crippen LogP contribution in [0.25, 0.3) is 0 Å². The third-order valence-electron chi connectivity index (χ3n) is 5.37. The Balaban J connectivity index is 0.000000598. The lowest BCUT2D eigenvalue weighted by Gasteiger charge is -2.16. The Hall–Kier alpha value is -0.370. The molecule has 0 amide bonds. The normalized spacial score (nSPS) is 31.5. The van der Waals surface area contributed by atoms with Gasteiger partial charge in [-0.25, -0.2) is 0 Å². The van der Waals surface area contributed by atoms with Crippen LogP contribution in [0.4, 0.5) is 0 Å². The Labute approximate surface area is 133 Å². The van der Waals surface area contributed by atoms with Gasteiger partial charge < -0.3 is 0 Å². The molecule has 0 aromatic rings. The minimum atomic E-state index is 0.227. The summed E-state index contributed by atoms with van der Waals surface area (Å²) in [5.41, 5.74) is 1.22. The molecular weight excluding hydrogens is 258 g/mol. The number of carbonyl (C=O) groups is 1. The fraction of sp³-hybridized carbons (Fsp3) is 0.947. The van der Waals surface area contributed by atoms with Gasteiger partial charge in [-0.15, -0.1) is 0 Å². The highest BCUT2D eigenvalue weighted by atomic mass is 16.1. The quantitative estimate of drug-likeness (QED) is 0.654. The first-order valence-electron chi connectivity index (χ1n) is 9.29. The SMILES string of the molecule is CC.CC.CC.CC(=O)C1CC2(CN1C)CC21CCCC1. The summed E-state index contributed by atoms with van der Waals surface area (Å²) in [6.07, 6.45) is 8.29. The molecule has 1 heterocycles. The van der Waals surface area contributed by atoms with Crippen LogP contribution in [0.3, 0.4) is 0 Å². The van der Waals surface area contributed by atoms with Gasteiger partial charge in [0.25, 0.3) is 0 Å². The highest BCUT2D eigenvalue weighted by molar-refractivity contribution is 5.82. The van der Waals surface area contributed by atoms with E-state index in [1.807, 2.05) is 41.5 Å². The number of nitrogens with zero attached hydrogens (tertiary/aromatic N) is 1. The maximum absolute atomic E-state index is 11.5. The number of hydrogen-bond donors (Lipinski definition) is 0. The number of Topliss-reactive ketones (excluding diaryl/α,β-unsaturated/α-hetero) is 1. The largest absolute Gasteiger partial charge is 0.298 e. The number of ketones is 1. The van der Waals surface area contributed by atoms with Crippen LogP contribution in [-0.2, 0) is 4.79 Å². The van der Waals surface area contributed by atoms with Gasteiger partial charge in [0.1, 0.15) is 5.78 Å². The van der Waals surface area contributed by atoms with E-state index >= 15 is 0 Å². The first kappa shape index (κ1) is 20.6. The number of rotatable bonds is 1. The minimum Gasteiger partial charge on any atom is -0.298 e. The molecule has 1 saturated heterocycles. The maximum Gasteiger partial charge on any atom is 0.146 e. The molecule has 3 rings (SSSR count). The molecule has 21 heavy (non-hydrogen) atoms. The van der Waals surface area contributed by atoms with E-state index in [-0.39, 0.29) is 6.04 Å². The summed E-state index contributed by atoms with van der Waals surface area (Å²) in [5, 5.41) is 0. The molecule has 2 spiro atoms. The fourth-order valence-corrected chi connectivity index (χ4v) is 4.51. The molecule has 126 valence electrons. The first-order valence-corrected chi connectivity index (χ1v) is 9.29. The predicted molar refractivity (Wildman–Crippen MR) is 93.7 cm³/mol. The van der Waals surface area contributed by atoms with Crippen LogP contribution in [0.5, 0.6) is 0 Å². The van der Waals surface area contributed by atoms with Crippen LogP contribution in [0.1, 0.15) is 87.0 Å². The van der Waals surface area contributed by atoms with E-state index in [2.05, 4.69) is 11.9 Å². The summed E-state index contributed by atoms with van der Waals surface area (Å²) in [7, 11) is 2.13. The molecule has 2 saturated carbocycles. The molecule has 2 nitrogen and oxygen atoms in total. The summed E-state index contributed by atoms with van der Waals surface area (Å²) in [5.74, 6) is 0.370. The van der Waals surface area contributed by atoms with Gasteiger partial charge in [0.2, 0.25) is 0 Å². The highest BCUT2D eigenvalue weighted by Gasteiger charge is 2.70. The highest BCUT2D eigenvalue weighted by Crippen LogP contribution is 2.75. The van der Waals surface area contributed by atoms with Crippen LogP contribution in [-0.4, -0.2) is 30.3 Å². The molecule has 3 aliphatic rings. The zero-order chi connectivity index (χ0) is 16.7. The van der Waals surface area contributed by atoms with Crippen molar-refractivity contribution in [3.63, 3.8) is 0 Å². The van der Waals surface area contributed by atoms with Gasteiger partial charge in [-0.1, -0.05) is 54.4 Å². The van der Waals surface area contributed by atoms with E-state index in [1.54, 1.807) is 6.92 Å². The first-order chi connectivity index (χ1) is 10.1. The monoisotopic (exact) mass is 297 g/mol. The molecule has 2 aliphatic carbocycles. The van der Waals surface area contributed by atoms with Crippen molar-refractivity contribution < 1.29 is 4.79 Å². The molecule has 1 aliphatic heterocycles. The third-order valence-corrected chi connectivity index (χ3v) is 5.37. The van der Waals surface area contributed by atoms with Crippen molar-refractivity contribution in [2.24, 2.45) is 10.8 Å². The topological polar surface area (TPSA) is 20.3 Å².